The van der Waals surface area contributed by atoms with Crippen LogP contribution >= 0.6 is 11.8 Å². The molecule has 0 bridgehead atoms. The number of fused-ring (bicyclic) bond motifs is 1. The Balaban J connectivity index is 1.91. The SMILES string of the molecule is Cc1nn(C)cc1C=C1Sc2nnc(C)n2N=C1c1ccc(F)cc1F. The highest BCUT2D eigenvalue weighted by atomic mass is 32.2. The number of thioether (sulfide) groups is 1. The van der Waals surface area contributed by atoms with E-state index >= 15 is 0 Å². The molecule has 0 amide bonds. The van der Waals surface area contributed by atoms with Crippen molar-refractivity contribution >= 4 is 23.5 Å². The lowest BCUT2D eigenvalue weighted by molar-refractivity contribution is 0.581. The predicted molar refractivity (Wildman–Crippen MR) is 94.8 cm³/mol. The quantitative estimate of drug-likeness (QED) is 0.692. The minimum atomic E-state index is -0.674. The monoisotopic (exact) mass is 372 g/mol. The number of rotatable bonds is 2. The van der Waals surface area contributed by atoms with Crippen LogP contribution in [0.4, 0.5) is 8.78 Å². The van der Waals surface area contributed by atoms with Crippen molar-refractivity contribution in [2.75, 3.05) is 0 Å². The van der Waals surface area contributed by atoms with Gasteiger partial charge in [0.25, 0.3) is 0 Å². The third kappa shape index (κ3) is 2.84. The zero-order chi connectivity index (χ0) is 18.4. The first-order chi connectivity index (χ1) is 12.4. The number of nitrogens with zero attached hydrogens (tertiary/aromatic N) is 6. The van der Waals surface area contributed by atoms with Crippen molar-refractivity contribution in [3.63, 3.8) is 0 Å². The summed E-state index contributed by atoms with van der Waals surface area (Å²) in [6.45, 7) is 3.65. The smallest absolute Gasteiger partial charge is 0.216 e. The van der Waals surface area contributed by atoms with E-state index in [1.54, 1.807) is 16.3 Å². The van der Waals surface area contributed by atoms with E-state index in [-0.39, 0.29) is 5.56 Å². The summed E-state index contributed by atoms with van der Waals surface area (Å²) in [5, 5.41) is 17.5. The lowest BCUT2D eigenvalue weighted by Crippen LogP contribution is -2.14. The van der Waals surface area contributed by atoms with E-state index in [1.165, 1.54) is 23.9 Å². The average molecular weight is 372 g/mol. The molecule has 0 fully saturated rings. The molecule has 9 heteroatoms. The fraction of sp³-hybridized carbons (Fsp3) is 0.176. The molecule has 0 saturated carbocycles. The molecule has 0 unspecified atom stereocenters. The Hall–Kier alpha value is -2.81. The van der Waals surface area contributed by atoms with E-state index in [4.69, 9.17) is 0 Å². The van der Waals surface area contributed by atoms with E-state index in [9.17, 15) is 8.78 Å². The summed E-state index contributed by atoms with van der Waals surface area (Å²) < 4.78 is 31.0. The fourth-order valence-corrected chi connectivity index (χ4v) is 3.65. The number of benzene rings is 1. The molecule has 3 aromatic rings. The van der Waals surface area contributed by atoms with Gasteiger partial charge in [-0.3, -0.25) is 4.68 Å². The second kappa shape index (κ2) is 6.17. The van der Waals surface area contributed by atoms with Gasteiger partial charge in [0.05, 0.1) is 5.69 Å². The highest BCUT2D eigenvalue weighted by Crippen LogP contribution is 2.35. The number of aromatic nitrogens is 5. The number of aryl methyl sites for hydroxylation is 3. The molecule has 3 heterocycles. The highest BCUT2D eigenvalue weighted by Gasteiger charge is 2.25. The minimum absolute atomic E-state index is 0.213. The number of halogens is 2. The van der Waals surface area contributed by atoms with Crippen LogP contribution in [-0.4, -0.2) is 30.4 Å². The molecule has 0 atom stereocenters. The van der Waals surface area contributed by atoms with Gasteiger partial charge in [0, 0.05) is 35.3 Å². The van der Waals surface area contributed by atoms with Gasteiger partial charge >= 0.3 is 0 Å². The average Bonchev–Trinajstić information content (AvgIpc) is 3.09. The first-order valence-electron chi connectivity index (χ1n) is 7.79. The summed E-state index contributed by atoms with van der Waals surface area (Å²) >= 11 is 1.33. The van der Waals surface area contributed by atoms with Crippen LogP contribution < -0.4 is 0 Å². The Morgan fingerprint density at radius 3 is 2.65 bits per heavy atom. The lowest BCUT2D eigenvalue weighted by atomic mass is 10.1. The summed E-state index contributed by atoms with van der Waals surface area (Å²) in [6.07, 6.45) is 3.74. The Labute approximate surface area is 152 Å². The maximum Gasteiger partial charge on any atom is 0.216 e. The molecule has 0 aliphatic carbocycles. The fourth-order valence-electron chi connectivity index (χ4n) is 2.68. The third-order valence-electron chi connectivity index (χ3n) is 3.93. The van der Waals surface area contributed by atoms with E-state index in [2.05, 4.69) is 20.4 Å². The normalized spacial score (nSPS) is 15.3. The molecule has 0 spiro atoms. The van der Waals surface area contributed by atoms with Crippen molar-refractivity contribution in [2.45, 2.75) is 19.0 Å². The third-order valence-corrected chi connectivity index (χ3v) is 4.90. The van der Waals surface area contributed by atoms with Crippen molar-refractivity contribution in [1.29, 1.82) is 0 Å². The summed E-state index contributed by atoms with van der Waals surface area (Å²) in [4.78, 5) is 0.687. The molecule has 0 saturated heterocycles. The van der Waals surface area contributed by atoms with Gasteiger partial charge in [0.2, 0.25) is 5.16 Å². The first kappa shape index (κ1) is 16.6. The largest absolute Gasteiger partial charge is 0.275 e. The zero-order valence-corrected chi connectivity index (χ0v) is 15.1. The van der Waals surface area contributed by atoms with E-state index < -0.39 is 11.6 Å². The molecule has 132 valence electrons. The van der Waals surface area contributed by atoms with Gasteiger partial charge in [-0.1, -0.05) is 0 Å². The lowest BCUT2D eigenvalue weighted by Gasteiger charge is -2.17. The molecule has 26 heavy (non-hydrogen) atoms. The molecule has 1 aromatic carbocycles. The summed E-state index contributed by atoms with van der Waals surface area (Å²) in [6, 6.07) is 3.45. The molecule has 1 aliphatic rings. The number of allylic oxidation sites excluding steroid dienone is 1. The van der Waals surface area contributed by atoms with Crippen LogP contribution in [0.2, 0.25) is 0 Å². The van der Waals surface area contributed by atoms with Crippen molar-refractivity contribution in [3.8, 4) is 0 Å². The molecule has 1 aliphatic heterocycles. The molecule has 0 N–H and O–H groups in total. The molecule has 0 radical (unpaired) electrons. The van der Waals surface area contributed by atoms with Crippen LogP contribution in [0.3, 0.4) is 0 Å². The van der Waals surface area contributed by atoms with Crippen LogP contribution in [0.25, 0.3) is 6.08 Å². The van der Waals surface area contributed by atoms with Crippen LogP contribution in [0, 0.1) is 25.5 Å². The highest BCUT2D eigenvalue weighted by molar-refractivity contribution is 8.04. The Morgan fingerprint density at radius 2 is 1.96 bits per heavy atom. The first-order valence-corrected chi connectivity index (χ1v) is 8.60. The van der Waals surface area contributed by atoms with Crippen molar-refractivity contribution < 1.29 is 8.78 Å². The van der Waals surface area contributed by atoms with Gasteiger partial charge in [-0.25, -0.2) is 8.78 Å². The van der Waals surface area contributed by atoms with E-state index in [0.29, 0.717) is 21.6 Å². The molecule has 4 rings (SSSR count). The second-order valence-electron chi connectivity index (χ2n) is 5.87. The Kier molecular flexibility index (Phi) is 3.95. The summed E-state index contributed by atoms with van der Waals surface area (Å²) in [5.41, 5.74) is 2.33. The summed E-state index contributed by atoms with van der Waals surface area (Å²) in [5.74, 6) is -0.721. The van der Waals surface area contributed by atoms with Gasteiger partial charge < -0.3 is 0 Å². The molecule has 2 aromatic heterocycles. The van der Waals surface area contributed by atoms with Crippen LogP contribution in [0.1, 0.15) is 22.6 Å². The van der Waals surface area contributed by atoms with Gasteiger partial charge in [-0.2, -0.15) is 14.9 Å². The van der Waals surface area contributed by atoms with Gasteiger partial charge in [0.15, 0.2) is 5.82 Å². The predicted octanol–water partition coefficient (Wildman–Crippen LogP) is 3.31. The van der Waals surface area contributed by atoms with Crippen molar-refractivity contribution in [3.05, 3.63) is 63.6 Å². The minimum Gasteiger partial charge on any atom is -0.275 e. The summed E-state index contributed by atoms with van der Waals surface area (Å²) in [7, 11) is 1.83. The van der Waals surface area contributed by atoms with Gasteiger partial charge in [-0.05, 0) is 43.8 Å². The maximum atomic E-state index is 14.4. The van der Waals surface area contributed by atoms with Gasteiger partial charge in [-0.15, -0.1) is 10.2 Å². The molecular formula is C17H14F2N6S. The van der Waals surface area contributed by atoms with Crippen LogP contribution in [0.15, 0.2) is 39.6 Å². The zero-order valence-electron chi connectivity index (χ0n) is 14.2. The van der Waals surface area contributed by atoms with Crippen molar-refractivity contribution in [2.24, 2.45) is 12.1 Å². The molecule has 6 nitrogen and oxygen atoms in total. The van der Waals surface area contributed by atoms with E-state index in [1.807, 2.05) is 26.2 Å². The standard InChI is InChI=1S/C17H14F2N6S/c1-9-11(8-24(3)22-9)6-15-16(13-5-4-12(18)7-14(13)19)23-25-10(2)20-21-17(25)26-15/h4-8H,1-3H3. The molecular weight excluding hydrogens is 358 g/mol. The Bertz CT molecular complexity index is 1080. The van der Waals surface area contributed by atoms with Gasteiger partial charge in [0.1, 0.15) is 17.3 Å². The number of hydrogen-bond donors (Lipinski definition) is 0. The van der Waals surface area contributed by atoms with Crippen LogP contribution in [-0.2, 0) is 7.05 Å². The van der Waals surface area contributed by atoms with Crippen molar-refractivity contribution in [1.82, 2.24) is 24.7 Å². The Morgan fingerprint density at radius 1 is 1.15 bits per heavy atom. The number of hydrogen-bond acceptors (Lipinski definition) is 5. The van der Waals surface area contributed by atoms with Crippen LogP contribution in [0.5, 0.6) is 0 Å². The van der Waals surface area contributed by atoms with E-state index in [0.717, 1.165) is 17.3 Å². The maximum absolute atomic E-state index is 14.4. The topological polar surface area (TPSA) is 60.9 Å². The second-order valence-corrected chi connectivity index (χ2v) is 6.88.